The van der Waals surface area contributed by atoms with E-state index in [1.54, 1.807) is 18.5 Å². The summed E-state index contributed by atoms with van der Waals surface area (Å²) in [6, 6.07) is 6.54. The van der Waals surface area contributed by atoms with Crippen LogP contribution in [0.25, 0.3) is 11.4 Å². The summed E-state index contributed by atoms with van der Waals surface area (Å²) in [5.74, 6) is 0.679. The number of aromatic nitrogens is 4. The Hall–Kier alpha value is -2.47. The van der Waals surface area contributed by atoms with Gasteiger partial charge in [-0.25, -0.2) is 14.4 Å². The molecule has 0 saturated heterocycles. The minimum absolute atomic E-state index is 0.223. The van der Waals surface area contributed by atoms with E-state index in [9.17, 15) is 4.39 Å². The Labute approximate surface area is 140 Å². The highest BCUT2D eigenvalue weighted by atomic mass is 19.1. The molecule has 124 valence electrons. The molecule has 24 heavy (non-hydrogen) atoms. The largest absolute Gasteiger partial charge is 0.347 e. The molecule has 3 aromatic rings. The topological polar surface area (TPSA) is 49.7 Å². The van der Waals surface area contributed by atoms with Crippen molar-refractivity contribution in [3.05, 3.63) is 59.2 Å². The van der Waals surface area contributed by atoms with Crippen molar-refractivity contribution in [1.29, 1.82) is 0 Å². The van der Waals surface area contributed by atoms with Gasteiger partial charge in [-0.1, -0.05) is 0 Å². The Morgan fingerprint density at radius 1 is 1.25 bits per heavy atom. The van der Waals surface area contributed by atoms with E-state index in [2.05, 4.69) is 19.4 Å². The SMILES string of the molecule is Cc1nc[nH]c1CN1CCc2nc(-c3ccc(F)cc3)n(C)c2C1. The molecular weight excluding hydrogens is 305 g/mol. The van der Waals surface area contributed by atoms with E-state index in [-0.39, 0.29) is 5.82 Å². The van der Waals surface area contributed by atoms with E-state index < -0.39 is 0 Å². The molecule has 0 amide bonds. The average molecular weight is 325 g/mol. The third kappa shape index (κ3) is 2.63. The molecule has 3 heterocycles. The summed E-state index contributed by atoms with van der Waals surface area (Å²) in [5, 5.41) is 0. The number of imidazole rings is 2. The second-order valence-corrected chi connectivity index (χ2v) is 6.32. The van der Waals surface area contributed by atoms with E-state index in [1.807, 2.05) is 14.0 Å². The Morgan fingerprint density at radius 2 is 2.04 bits per heavy atom. The number of aromatic amines is 1. The van der Waals surface area contributed by atoms with Crippen LogP contribution in [0.1, 0.15) is 22.8 Å². The molecule has 0 radical (unpaired) electrons. The summed E-state index contributed by atoms with van der Waals surface area (Å²) >= 11 is 0. The second-order valence-electron chi connectivity index (χ2n) is 6.32. The molecule has 6 heteroatoms. The predicted octanol–water partition coefficient (Wildman–Crippen LogP) is 2.82. The lowest BCUT2D eigenvalue weighted by Gasteiger charge is -2.26. The smallest absolute Gasteiger partial charge is 0.140 e. The van der Waals surface area contributed by atoms with Crippen molar-refractivity contribution in [2.45, 2.75) is 26.4 Å². The van der Waals surface area contributed by atoms with Crippen molar-refractivity contribution in [2.24, 2.45) is 7.05 Å². The molecule has 0 saturated carbocycles. The monoisotopic (exact) mass is 325 g/mol. The highest BCUT2D eigenvalue weighted by molar-refractivity contribution is 5.57. The van der Waals surface area contributed by atoms with Crippen molar-refractivity contribution < 1.29 is 4.39 Å². The van der Waals surface area contributed by atoms with Gasteiger partial charge in [0.15, 0.2) is 0 Å². The fraction of sp³-hybridized carbons (Fsp3) is 0.333. The molecule has 0 aliphatic carbocycles. The maximum absolute atomic E-state index is 13.2. The molecule has 0 unspecified atom stereocenters. The van der Waals surface area contributed by atoms with Crippen LogP contribution in [0.5, 0.6) is 0 Å². The van der Waals surface area contributed by atoms with E-state index >= 15 is 0 Å². The van der Waals surface area contributed by atoms with Crippen molar-refractivity contribution in [1.82, 2.24) is 24.4 Å². The van der Waals surface area contributed by atoms with Crippen LogP contribution in [0.3, 0.4) is 0 Å². The van der Waals surface area contributed by atoms with Crippen LogP contribution >= 0.6 is 0 Å². The van der Waals surface area contributed by atoms with E-state index in [0.717, 1.165) is 48.8 Å². The molecule has 5 nitrogen and oxygen atoms in total. The van der Waals surface area contributed by atoms with Crippen molar-refractivity contribution in [3.63, 3.8) is 0 Å². The van der Waals surface area contributed by atoms with Gasteiger partial charge in [0.2, 0.25) is 0 Å². The number of benzene rings is 1. The van der Waals surface area contributed by atoms with Crippen molar-refractivity contribution in [3.8, 4) is 11.4 Å². The van der Waals surface area contributed by atoms with E-state index in [1.165, 1.54) is 23.5 Å². The van der Waals surface area contributed by atoms with Crippen LogP contribution in [0.4, 0.5) is 4.39 Å². The third-order valence-corrected chi connectivity index (χ3v) is 4.75. The normalized spacial score (nSPS) is 14.8. The highest BCUT2D eigenvalue weighted by Gasteiger charge is 2.23. The van der Waals surface area contributed by atoms with Crippen molar-refractivity contribution >= 4 is 0 Å². The van der Waals surface area contributed by atoms with Gasteiger partial charge in [0.25, 0.3) is 0 Å². The van der Waals surface area contributed by atoms with Crippen LogP contribution < -0.4 is 0 Å². The number of rotatable bonds is 3. The molecule has 0 spiro atoms. The number of H-pyrrole nitrogens is 1. The molecule has 1 aliphatic heterocycles. The Morgan fingerprint density at radius 3 is 2.75 bits per heavy atom. The van der Waals surface area contributed by atoms with E-state index in [4.69, 9.17) is 4.98 Å². The number of aryl methyl sites for hydroxylation is 1. The number of nitrogens with zero attached hydrogens (tertiary/aromatic N) is 4. The fourth-order valence-electron chi connectivity index (χ4n) is 3.31. The first-order chi connectivity index (χ1) is 11.6. The maximum Gasteiger partial charge on any atom is 0.140 e. The van der Waals surface area contributed by atoms with Crippen LogP contribution in [-0.4, -0.2) is 31.0 Å². The van der Waals surface area contributed by atoms with Crippen LogP contribution in [0, 0.1) is 12.7 Å². The summed E-state index contributed by atoms with van der Waals surface area (Å²) in [6.07, 6.45) is 2.67. The summed E-state index contributed by atoms with van der Waals surface area (Å²) in [6.45, 7) is 4.73. The number of halogens is 1. The number of hydrogen-bond donors (Lipinski definition) is 1. The first kappa shape index (κ1) is 15.1. The van der Waals surface area contributed by atoms with Crippen molar-refractivity contribution in [2.75, 3.05) is 6.54 Å². The molecule has 2 aromatic heterocycles. The first-order valence-electron chi connectivity index (χ1n) is 8.13. The zero-order chi connectivity index (χ0) is 16.7. The van der Waals surface area contributed by atoms with Gasteiger partial charge in [-0.2, -0.15) is 0 Å². The van der Waals surface area contributed by atoms with Crippen LogP contribution in [0.15, 0.2) is 30.6 Å². The van der Waals surface area contributed by atoms with Gasteiger partial charge in [-0.15, -0.1) is 0 Å². The summed E-state index contributed by atoms with van der Waals surface area (Å²) in [4.78, 5) is 14.7. The highest BCUT2D eigenvalue weighted by Crippen LogP contribution is 2.26. The molecule has 0 fully saturated rings. The molecule has 0 atom stereocenters. The quantitative estimate of drug-likeness (QED) is 0.805. The molecule has 1 aromatic carbocycles. The van der Waals surface area contributed by atoms with E-state index in [0.29, 0.717) is 0 Å². The van der Waals surface area contributed by atoms with Crippen LogP contribution in [0.2, 0.25) is 0 Å². The average Bonchev–Trinajstić information content (AvgIpc) is 3.13. The number of nitrogens with one attached hydrogen (secondary N) is 1. The molecule has 4 rings (SSSR count). The van der Waals surface area contributed by atoms with Gasteiger partial charge in [-0.3, -0.25) is 4.90 Å². The zero-order valence-corrected chi connectivity index (χ0v) is 13.9. The second kappa shape index (κ2) is 5.87. The lowest BCUT2D eigenvalue weighted by Crippen LogP contribution is -2.31. The van der Waals surface area contributed by atoms with Gasteiger partial charge in [0.05, 0.1) is 29.1 Å². The lowest BCUT2D eigenvalue weighted by atomic mass is 10.1. The molecule has 1 N–H and O–H groups in total. The van der Waals surface area contributed by atoms with Gasteiger partial charge < -0.3 is 9.55 Å². The lowest BCUT2D eigenvalue weighted by molar-refractivity contribution is 0.235. The summed E-state index contributed by atoms with van der Waals surface area (Å²) in [7, 11) is 2.04. The molecular formula is C18H20FN5. The molecule has 0 bridgehead atoms. The Balaban J connectivity index is 1.60. The Bertz CT molecular complexity index is 862. The van der Waals surface area contributed by atoms with Gasteiger partial charge >= 0.3 is 0 Å². The minimum atomic E-state index is -0.223. The number of fused-ring (bicyclic) bond motifs is 1. The van der Waals surface area contributed by atoms with Gasteiger partial charge in [-0.05, 0) is 31.2 Å². The van der Waals surface area contributed by atoms with Gasteiger partial charge in [0.1, 0.15) is 11.6 Å². The third-order valence-electron chi connectivity index (χ3n) is 4.75. The molecule has 1 aliphatic rings. The number of hydrogen-bond acceptors (Lipinski definition) is 3. The standard InChI is InChI=1S/C18H20FN5/c1-12-16(21-11-20-12)9-24-8-7-15-17(10-24)23(2)18(22-15)13-3-5-14(19)6-4-13/h3-6,11H,7-10H2,1-2H3,(H,20,21). The predicted molar refractivity (Wildman–Crippen MR) is 89.7 cm³/mol. The summed E-state index contributed by atoms with van der Waals surface area (Å²) in [5.41, 5.74) is 5.55. The summed E-state index contributed by atoms with van der Waals surface area (Å²) < 4.78 is 15.3. The zero-order valence-electron chi connectivity index (χ0n) is 13.9. The first-order valence-corrected chi connectivity index (χ1v) is 8.13. The van der Waals surface area contributed by atoms with Gasteiger partial charge in [0, 0.05) is 38.7 Å². The van der Waals surface area contributed by atoms with Crippen LogP contribution in [-0.2, 0) is 26.6 Å². The Kier molecular flexibility index (Phi) is 3.69. The maximum atomic E-state index is 13.2. The fourth-order valence-corrected chi connectivity index (χ4v) is 3.31. The minimum Gasteiger partial charge on any atom is -0.347 e.